The highest BCUT2D eigenvalue weighted by Gasteiger charge is 2.36. The van der Waals surface area contributed by atoms with E-state index in [-0.39, 0.29) is 17.0 Å². The van der Waals surface area contributed by atoms with E-state index in [1.807, 2.05) is 0 Å². The van der Waals surface area contributed by atoms with Gasteiger partial charge in [-0.2, -0.15) is 4.31 Å². The molecule has 0 spiro atoms. The van der Waals surface area contributed by atoms with E-state index in [2.05, 4.69) is 0 Å². The highest BCUT2D eigenvalue weighted by molar-refractivity contribution is 7.89. The summed E-state index contributed by atoms with van der Waals surface area (Å²) in [5.74, 6) is 0. The Morgan fingerprint density at radius 1 is 1.16 bits per heavy atom. The Morgan fingerprint density at radius 3 is 2.20 bits per heavy atom. The van der Waals surface area contributed by atoms with Gasteiger partial charge in [0, 0.05) is 32.2 Å². The van der Waals surface area contributed by atoms with Crippen molar-refractivity contribution >= 4 is 21.8 Å². The molecular weight excluding hydrogens is 350 g/mol. The van der Waals surface area contributed by atoms with Gasteiger partial charge < -0.3 is 10.0 Å². The second kappa shape index (κ2) is 7.36. The van der Waals surface area contributed by atoms with Crippen molar-refractivity contribution in [2.24, 2.45) is 0 Å². The van der Waals surface area contributed by atoms with E-state index in [9.17, 15) is 23.3 Å². The lowest BCUT2D eigenvalue weighted by atomic mass is 9.90. The van der Waals surface area contributed by atoms with E-state index in [0.717, 1.165) is 0 Å². The van der Waals surface area contributed by atoms with Crippen molar-refractivity contribution in [3.05, 3.63) is 34.4 Å². The fraction of sp³-hybridized carbons (Fsp3) is 0.533. The lowest BCUT2D eigenvalue weighted by molar-refractivity contribution is -0.387. The van der Waals surface area contributed by atoms with Crippen molar-refractivity contribution in [1.82, 2.24) is 9.21 Å². The molecule has 0 atom stereocenters. The average molecular weight is 371 g/mol. The average Bonchev–Trinajstić information content (AvgIpc) is 2.60. The molecule has 9 nitrogen and oxygen atoms in total. The van der Waals surface area contributed by atoms with E-state index < -0.39 is 26.7 Å². The van der Waals surface area contributed by atoms with Crippen LogP contribution in [0.2, 0.25) is 0 Å². The topological polar surface area (TPSA) is 121 Å². The Kier molecular flexibility index (Phi) is 5.63. The van der Waals surface area contributed by atoms with Gasteiger partial charge in [-0.05, 0) is 31.7 Å². The van der Waals surface area contributed by atoms with E-state index >= 15 is 0 Å². The molecule has 1 aromatic carbocycles. The van der Waals surface area contributed by atoms with Crippen molar-refractivity contribution in [2.75, 3.05) is 14.1 Å². The number of sulfonamides is 1. The van der Waals surface area contributed by atoms with Gasteiger partial charge in [-0.1, -0.05) is 12.1 Å². The van der Waals surface area contributed by atoms with Gasteiger partial charge in [0.2, 0.25) is 10.0 Å². The molecule has 0 aliphatic heterocycles. The van der Waals surface area contributed by atoms with Gasteiger partial charge in [0.1, 0.15) is 0 Å². The maximum Gasteiger partial charge on any atom is 0.407 e. The Bertz CT molecular complexity index is 758. The first-order valence-corrected chi connectivity index (χ1v) is 9.27. The number of nitrogens with zero attached hydrogens (tertiary/aromatic N) is 3. The minimum Gasteiger partial charge on any atom is -0.465 e. The highest BCUT2D eigenvalue weighted by Crippen LogP contribution is 2.31. The van der Waals surface area contributed by atoms with Crippen molar-refractivity contribution in [1.29, 1.82) is 0 Å². The molecule has 1 aliphatic carbocycles. The third-order valence-electron chi connectivity index (χ3n) is 4.75. The van der Waals surface area contributed by atoms with Crippen LogP contribution in [0.1, 0.15) is 25.7 Å². The second-order valence-electron chi connectivity index (χ2n) is 6.10. The first kappa shape index (κ1) is 19.1. The van der Waals surface area contributed by atoms with Crippen LogP contribution in [0.4, 0.5) is 10.5 Å². The van der Waals surface area contributed by atoms with E-state index in [4.69, 9.17) is 5.11 Å². The fourth-order valence-electron chi connectivity index (χ4n) is 3.14. The number of nitro groups is 1. The smallest absolute Gasteiger partial charge is 0.407 e. The summed E-state index contributed by atoms with van der Waals surface area (Å²) in [6, 6.07) is 4.81. The van der Waals surface area contributed by atoms with Crippen LogP contribution in [-0.4, -0.2) is 59.9 Å². The summed E-state index contributed by atoms with van der Waals surface area (Å²) in [4.78, 5) is 22.3. The summed E-state index contributed by atoms with van der Waals surface area (Å²) in [6.07, 6.45) is 1.08. The zero-order chi connectivity index (χ0) is 18.8. The maximum absolute atomic E-state index is 12.8. The molecule has 0 bridgehead atoms. The molecule has 0 saturated heterocycles. The molecule has 1 N–H and O–H groups in total. The van der Waals surface area contributed by atoms with Crippen molar-refractivity contribution in [3.8, 4) is 0 Å². The largest absolute Gasteiger partial charge is 0.465 e. The summed E-state index contributed by atoms with van der Waals surface area (Å²) in [6.45, 7) is 0. The minimum absolute atomic E-state index is 0.143. The molecule has 138 valence electrons. The molecule has 25 heavy (non-hydrogen) atoms. The standard InChI is InChI=1S/C15H21N3O6S/c1-16(15(19)20)11-7-9-12(10-8-11)17(2)25(23,24)14-6-4-3-5-13(14)18(21)22/h3-6,11-12H,7-10H2,1-2H3,(H,19,20)/t11-,12-. The summed E-state index contributed by atoms with van der Waals surface area (Å²) >= 11 is 0. The number of nitro benzene ring substituents is 1. The SMILES string of the molecule is CN(C(=O)O)[C@H]1CC[C@H](N(C)S(=O)(=O)c2ccccc2[N+](=O)[O-])CC1. The minimum atomic E-state index is -4.01. The van der Waals surface area contributed by atoms with Crippen LogP contribution in [0.5, 0.6) is 0 Å². The quantitative estimate of drug-likeness (QED) is 0.625. The summed E-state index contributed by atoms with van der Waals surface area (Å²) < 4.78 is 26.8. The van der Waals surface area contributed by atoms with Gasteiger partial charge in [0.25, 0.3) is 5.69 Å². The maximum atomic E-state index is 12.8. The Morgan fingerprint density at radius 2 is 1.68 bits per heavy atom. The highest BCUT2D eigenvalue weighted by atomic mass is 32.2. The predicted octanol–water partition coefficient (Wildman–Crippen LogP) is 2.14. The molecular formula is C15H21N3O6S. The summed E-state index contributed by atoms with van der Waals surface area (Å²) in [7, 11) is -1.09. The van der Waals surface area contributed by atoms with Gasteiger partial charge in [-0.15, -0.1) is 0 Å². The predicted molar refractivity (Wildman–Crippen MR) is 89.9 cm³/mol. The molecule has 1 aromatic rings. The monoisotopic (exact) mass is 371 g/mol. The number of amides is 1. The summed E-state index contributed by atoms with van der Waals surface area (Å²) in [5, 5.41) is 20.1. The van der Waals surface area contributed by atoms with Crippen LogP contribution in [0.25, 0.3) is 0 Å². The zero-order valence-electron chi connectivity index (χ0n) is 14.0. The molecule has 10 heteroatoms. The van der Waals surface area contributed by atoms with E-state index in [1.54, 1.807) is 0 Å². The lowest BCUT2D eigenvalue weighted by Crippen LogP contribution is -2.45. The normalized spacial score (nSPS) is 21.1. The van der Waals surface area contributed by atoms with Gasteiger partial charge in [0.15, 0.2) is 4.90 Å². The zero-order valence-corrected chi connectivity index (χ0v) is 14.8. The number of para-hydroxylation sites is 1. The number of hydrogen-bond donors (Lipinski definition) is 1. The number of benzene rings is 1. The van der Waals surface area contributed by atoms with Crippen LogP contribution in [0.15, 0.2) is 29.2 Å². The van der Waals surface area contributed by atoms with Gasteiger partial charge in [0.05, 0.1) is 4.92 Å². The van der Waals surface area contributed by atoms with Gasteiger partial charge in [-0.25, -0.2) is 13.2 Å². The Labute approximate surface area is 146 Å². The van der Waals surface area contributed by atoms with Crippen LogP contribution >= 0.6 is 0 Å². The molecule has 1 saturated carbocycles. The van der Waals surface area contributed by atoms with E-state index in [1.165, 1.54) is 47.6 Å². The van der Waals surface area contributed by atoms with Gasteiger partial charge >= 0.3 is 6.09 Å². The van der Waals surface area contributed by atoms with Crippen molar-refractivity contribution < 1.29 is 23.2 Å². The first-order valence-electron chi connectivity index (χ1n) is 7.83. The van der Waals surface area contributed by atoms with Gasteiger partial charge in [-0.3, -0.25) is 10.1 Å². The molecule has 0 heterocycles. The molecule has 0 unspecified atom stereocenters. The molecule has 0 aromatic heterocycles. The molecule has 1 amide bonds. The van der Waals surface area contributed by atoms with Crippen molar-refractivity contribution in [3.63, 3.8) is 0 Å². The van der Waals surface area contributed by atoms with Crippen LogP contribution in [0, 0.1) is 10.1 Å². The Hall–Kier alpha value is -2.20. The first-order chi connectivity index (χ1) is 11.7. The molecule has 0 radical (unpaired) electrons. The lowest BCUT2D eigenvalue weighted by Gasteiger charge is -2.36. The number of carbonyl (C=O) groups is 1. The van der Waals surface area contributed by atoms with Crippen LogP contribution < -0.4 is 0 Å². The molecule has 1 fully saturated rings. The Balaban J connectivity index is 2.17. The second-order valence-corrected chi connectivity index (χ2v) is 8.07. The van der Waals surface area contributed by atoms with Crippen molar-refractivity contribution in [2.45, 2.75) is 42.7 Å². The molecule has 2 rings (SSSR count). The number of rotatable bonds is 5. The number of hydrogen-bond acceptors (Lipinski definition) is 5. The third kappa shape index (κ3) is 3.90. The molecule has 1 aliphatic rings. The third-order valence-corrected chi connectivity index (χ3v) is 6.71. The summed E-state index contributed by atoms with van der Waals surface area (Å²) in [5.41, 5.74) is -0.450. The fourth-order valence-corrected chi connectivity index (χ4v) is 4.71. The van der Waals surface area contributed by atoms with E-state index in [0.29, 0.717) is 25.7 Å². The van der Waals surface area contributed by atoms with Crippen LogP contribution in [0.3, 0.4) is 0 Å². The van der Waals surface area contributed by atoms with Crippen LogP contribution in [-0.2, 0) is 10.0 Å². The number of carboxylic acid groups (broad SMARTS) is 1.